The lowest BCUT2D eigenvalue weighted by Crippen LogP contribution is -2.18. The Balaban J connectivity index is 1.58. The molecule has 0 aromatic carbocycles. The first-order chi connectivity index (χ1) is 8.24. The first kappa shape index (κ1) is 13.4. The third-order valence-electron chi connectivity index (χ3n) is 4.27. The lowest BCUT2D eigenvalue weighted by molar-refractivity contribution is -0.0512. The van der Waals surface area contributed by atoms with Gasteiger partial charge in [-0.3, -0.25) is 0 Å². The van der Waals surface area contributed by atoms with E-state index < -0.39 is 0 Å². The minimum Gasteiger partial charge on any atom is -0.350 e. The van der Waals surface area contributed by atoms with Crippen LogP contribution in [0.2, 0.25) is 0 Å². The highest BCUT2D eigenvalue weighted by Gasteiger charge is 2.23. The Morgan fingerprint density at radius 2 is 1.47 bits per heavy atom. The molecule has 1 aliphatic heterocycles. The van der Waals surface area contributed by atoms with Crippen LogP contribution in [0.25, 0.3) is 0 Å². The topological polar surface area (TPSA) is 18.5 Å². The van der Waals surface area contributed by atoms with E-state index >= 15 is 0 Å². The summed E-state index contributed by atoms with van der Waals surface area (Å²) in [5.74, 6) is 2.81. The predicted molar refractivity (Wildman–Crippen MR) is 69.8 cm³/mol. The fourth-order valence-corrected chi connectivity index (χ4v) is 3.37. The maximum Gasteiger partial charge on any atom is 0.157 e. The molecule has 1 heterocycles. The Morgan fingerprint density at radius 3 is 2.06 bits per heavy atom. The molecule has 0 amide bonds. The minimum absolute atomic E-state index is 0.114. The summed E-state index contributed by atoms with van der Waals surface area (Å²) in [6.45, 7) is 6.29. The van der Waals surface area contributed by atoms with Crippen LogP contribution < -0.4 is 0 Å². The third-order valence-corrected chi connectivity index (χ3v) is 4.27. The van der Waals surface area contributed by atoms with Gasteiger partial charge in [0.15, 0.2) is 6.29 Å². The van der Waals surface area contributed by atoms with Crippen LogP contribution in [0.15, 0.2) is 0 Å². The highest BCUT2D eigenvalue weighted by Crippen LogP contribution is 2.35. The number of rotatable bonds is 5. The smallest absolute Gasteiger partial charge is 0.157 e. The van der Waals surface area contributed by atoms with Crippen LogP contribution in [0.4, 0.5) is 0 Å². The summed E-state index contributed by atoms with van der Waals surface area (Å²) in [5.41, 5.74) is 0. The second-order valence-electron chi connectivity index (χ2n) is 6.26. The molecule has 0 radical (unpaired) electrons. The molecular formula is C15H28O2. The molecule has 2 rings (SSSR count). The van der Waals surface area contributed by atoms with Gasteiger partial charge in [0.05, 0.1) is 13.2 Å². The van der Waals surface area contributed by atoms with Gasteiger partial charge in [-0.1, -0.05) is 39.5 Å². The molecule has 2 fully saturated rings. The van der Waals surface area contributed by atoms with E-state index in [0.29, 0.717) is 0 Å². The van der Waals surface area contributed by atoms with Crippen LogP contribution in [0, 0.1) is 17.8 Å². The molecule has 0 unspecified atom stereocenters. The molecule has 2 heteroatoms. The lowest BCUT2D eigenvalue weighted by atomic mass is 9.77. The average molecular weight is 240 g/mol. The van der Waals surface area contributed by atoms with Crippen LogP contribution >= 0.6 is 0 Å². The lowest BCUT2D eigenvalue weighted by Gasteiger charge is -2.29. The van der Waals surface area contributed by atoms with E-state index in [1.807, 2.05) is 0 Å². The Hall–Kier alpha value is -0.0800. The molecule has 1 aliphatic carbocycles. The quantitative estimate of drug-likeness (QED) is 0.723. The first-order valence-corrected chi connectivity index (χ1v) is 7.47. The molecule has 0 N–H and O–H groups in total. The van der Waals surface area contributed by atoms with Gasteiger partial charge in [0.2, 0.25) is 0 Å². The minimum atomic E-state index is 0.114. The van der Waals surface area contributed by atoms with Crippen molar-refractivity contribution in [3.63, 3.8) is 0 Å². The van der Waals surface area contributed by atoms with Gasteiger partial charge < -0.3 is 9.47 Å². The normalized spacial score (nSPS) is 31.2. The van der Waals surface area contributed by atoms with Gasteiger partial charge >= 0.3 is 0 Å². The van der Waals surface area contributed by atoms with Crippen molar-refractivity contribution in [3.05, 3.63) is 0 Å². The van der Waals surface area contributed by atoms with Crippen LogP contribution in [-0.2, 0) is 9.47 Å². The second kappa shape index (κ2) is 6.75. The molecule has 17 heavy (non-hydrogen) atoms. The summed E-state index contributed by atoms with van der Waals surface area (Å²) < 4.78 is 11.0. The number of hydrogen-bond acceptors (Lipinski definition) is 2. The highest BCUT2D eigenvalue weighted by atomic mass is 16.7. The molecule has 0 spiro atoms. The maximum absolute atomic E-state index is 5.50. The van der Waals surface area contributed by atoms with E-state index in [1.165, 1.54) is 38.5 Å². The summed E-state index contributed by atoms with van der Waals surface area (Å²) in [6, 6.07) is 0. The standard InChI is InChI=1S/C15H28O2/c1-12(2)11-14-5-3-13(4-6-14)7-8-15-16-9-10-17-15/h12-15H,3-11H2,1-2H3. The summed E-state index contributed by atoms with van der Waals surface area (Å²) >= 11 is 0. The van der Waals surface area contributed by atoms with Crippen molar-refractivity contribution in [1.82, 2.24) is 0 Å². The molecule has 2 nitrogen and oxygen atoms in total. The van der Waals surface area contributed by atoms with E-state index in [-0.39, 0.29) is 6.29 Å². The van der Waals surface area contributed by atoms with Crippen molar-refractivity contribution in [2.75, 3.05) is 13.2 Å². The van der Waals surface area contributed by atoms with Gasteiger partial charge in [-0.25, -0.2) is 0 Å². The summed E-state index contributed by atoms with van der Waals surface area (Å²) in [7, 11) is 0. The zero-order valence-corrected chi connectivity index (χ0v) is 11.5. The van der Waals surface area contributed by atoms with E-state index in [1.54, 1.807) is 0 Å². The predicted octanol–water partition coefficient (Wildman–Crippen LogP) is 3.99. The Kier molecular flexibility index (Phi) is 5.30. The first-order valence-electron chi connectivity index (χ1n) is 7.47. The van der Waals surface area contributed by atoms with E-state index in [9.17, 15) is 0 Å². The fraction of sp³-hybridized carbons (Fsp3) is 1.00. The van der Waals surface area contributed by atoms with E-state index in [4.69, 9.17) is 9.47 Å². The van der Waals surface area contributed by atoms with Crippen LogP contribution in [-0.4, -0.2) is 19.5 Å². The monoisotopic (exact) mass is 240 g/mol. The van der Waals surface area contributed by atoms with Gasteiger partial charge in [-0.2, -0.15) is 0 Å². The van der Waals surface area contributed by atoms with E-state index in [2.05, 4.69) is 13.8 Å². The van der Waals surface area contributed by atoms with E-state index in [0.717, 1.165) is 37.4 Å². The SMILES string of the molecule is CC(C)CC1CCC(CCC2OCCO2)CC1. The van der Waals surface area contributed by atoms with Gasteiger partial charge in [0.25, 0.3) is 0 Å². The van der Waals surface area contributed by atoms with Crippen molar-refractivity contribution in [2.45, 2.75) is 65.1 Å². The largest absolute Gasteiger partial charge is 0.350 e. The van der Waals surface area contributed by atoms with Crippen molar-refractivity contribution >= 4 is 0 Å². The van der Waals surface area contributed by atoms with Crippen molar-refractivity contribution < 1.29 is 9.47 Å². The third kappa shape index (κ3) is 4.59. The average Bonchev–Trinajstić information content (AvgIpc) is 2.80. The van der Waals surface area contributed by atoms with Crippen molar-refractivity contribution in [2.24, 2.45) is 17.8 Å². The fourth-order valence-electron chi connectivity index (χ4n) is 3.37. The molecule has 0 aromatic heterocycles. The summed E-state index contributed by atoms with van der Waals surface area (Å²) in [6.07, 6.45) is 9.74. The molecule has 0 bridgehead atoms. The molecule has 0 atom stereocenters. The maximum atomic E-state index is 5.50. The summed E-state index contributed by atoms with van der Waals surface area (Å²) in [4.78, 5) is 0. The Labute approximate surface area is 106 Å². The molecule has 2 aliphatic rings. The Bertz CT molecular complexity index is 201. The van der Waals surface area contributed by atoms with Crippen molar-refractivity contribution in [3.8, 4) is 0 Å². The zero-order chi connectivity index (χ0) is 12.1. The molecule has 100 valence electrons. The molecule has 1 saturated heterocycles. The summed E-state index contributed by atoms with van der Waals surface area (Å²) in [5, 5.41) is 0. The van der Waals surface area contributed by atoms with Crippen LogP contribution in [0.3, 0.4) is 0 Å². The molecular weight excluding hydrogens is 212 g/mol. The van der Waals surface area contributed by atoms with Crippen LogP contribution in [0.5, 0.6) is 0 Å². The number of ether oxygens (including phenoxy) is 2. The highest BCUT2D eigenvalue weighted by molar-refractivity contribution is 4.74. The van der Waals surface area contributed by atoms with Gasteiger partial charge in [-0.15, -0.1) is 0 Å². The second-order valence-corrected chi connectivity index (χ2v) is 6.26. The molecule has 0 aromatic rings. The number of hydrogen-bond donors (Lipinski definition) is 0. The zero-order valence-electron chi connectivity index (χ0n) is 11.5. The van der Waals surface area contributed by atoms with Gasteiger partial charge in [0.1, 0.15) is 0 Å². The van der Waals surface area contributed by atoms with Crippen molar-refractivity contribution in [1.29, 1.82) is 0 Å². The van der Waals surface area contributed by atoms with Gasteiger partial charge in [-0.05, 0) is 37.0 Å². The van der Waals surface area contributed by atoms with Gasteiger partial charge in [0, 0.05) is 0 Å². The Morgan fingerprint density at radius 1 is 0.882 bits per heavy atom. The van der Waals surface area contributed by atoms with Crippen LogP contribution in [0.1, 0.15) is 58.8 Å². The molecule has 1 saturated carbocycles.